The molecule has 0 amide bonds. The Bertz CT molecular complexity index is 720. The van der Waals surface area contributed by atoms with Crippen molar-refractivity contribution in [3.8, 4) is 0 Å². The number of carbonyl (C=O) groups excluding carboxylic acids is 3. The maximum atomic E-state index is 12.9. The second-order valence-corrected chi connectivity index (χ2v) is 8.80. The SMILES string of the molecule is C=C(C)C(=O)OCC(CCCCCC)(COC(=O)C(=C)C)C(=O)OCCS(=O)(=O)O.[H-].[Li+]. The molecule has 0 unspecified atom stereocenters. The fourth-order valence-electron chi connectivity index (χ4n) is 2.34. The van der Waals surface area contributed by atoms with E-state index in [4.69, 9.17) is 18.8 Å². The number of unbranched alkanes of at least 4 members (excludes halogenated alkanes) is 3. The summed E-state index contributed by atoms with van der Waals surface area (Å²) in [5.41, 5.74) is -1.30. The summed E-state index contributed by atoms with van der Waals surface area (Å²) in [6.07, 6.45) is 3.35. The van der Waals surface area contributed by atoms with Crippen LogP contribution in [0.25, 0.3) is 0 Å². The van der Waals surface area contributed by atoms with Crippen LogP contribution in [0.2, 0.25) is 0 Å². The van der Waals surface area contributed by atoms with Crippen LogP contribution in [0.4, 0.5) is 0 Å². The molecule has 0 aliphatic carbocycles. The number of ether oxygens (including phenoxy) is 3. The van der Waals surface area contributed by atoms with Crippen molar-refractivity contribution in [2.45, 2.75) is 52.9 Å². The van der Waals surface area contributed by atoms with Gasteiger partial charge in [-0.25, -0.2) is 9.59 Å². The molecule has 0 heterocycles. The maximum Gasteiger partial charge on any atom is 1.00 e. The van der Waals surface area contributed by atoms with Crippen molar-refractivity contribution < 1.29 is 61.9 Å². The van der Waals surface area contributed by atoms with E-state index in [1.165, 1.54) is 13.8 Å². The molecule has 0 aromatic carbocycles. The van der Waals surface area contributed by atoms with Gasteiger partial charge in [0, 0.05) is 11.1 Å². The van der Waals surface area contributed by atoms with Crippen molar-refractivity contribution >= 4 is 28.0 Å². The zero-order valence-electron chi connectivity index (χ0n) is 19.9. The Labute approximate surface area is 198 Å². The van der Waals surface area contributed by atoms with Gasteiger partial charge < -0.3 is 15.6 Å². The first kappa shape index (κ1) is 31.6. The number of hydrogen-bond donors (Lipinski definition) is 1. The summed E-state index contributed by atoms with van der Waals surface area (Å²) in [6.45, 7) is 10.4. The van der Waals surface area contributed by atoms with E-state index < -0.39 is 59.0 Å². The van der Waals surface area contributed by atoms with Gasteiger partial charge in [0.15, 0.2) is 0 Å². The summed E-state index contributed by atoms with van der Waals surface area (Å²) in [4.78, 5) is 36.6. The fraction of sp³-hybridized carbons (Fsp3) is 0.650. The van der Waals surface area contributed by atoms with Crippen LogP contribution in [0, 0.1) is 5.41 Å². The van der Waals surface area contributed by atoms with Gasteiger partial charge in [-0.05, 0) is 20.3 Å². The molecule has 11 heteroatoms. The van der Waals surface area contributed by atoms with Crippen LogP contribution in [-0.2, 0) is 38.7 Å². The first-order chi connectivity index (χ1) is 13.8. The molecule has 9 nitrogen and oxygen atoms in total. The average molecular weight is 456 g/mol. The second-order valence-electron chi connectivity index (χ2n) is 7.23. The van der Waals surface area contributed by atoms with Crippen LogP contribution >= 0.6 is 0 Å². The van der Waals surface area contributed by atoms with E-state index in [2.05, 4.69) is 13.2 Å². The van der Waals surface area contributed by atoms with E-state index in [0.29, 0.717) is 6.42 Å². The summed E-state index contributed by atoms with van der Waals surface area (Å²) in [6, 6.07) is 0. The van der Waals surface area contributed by atoms with Crippen molar-refractivity contribution in [2.24, 2.45) is 5.41 Å². The van der Waals surface area contributed by atoms with Crippen molar-refractivity contribution in [3.63, 3.8) is 0 Å². The van der Waals surface area contributed by atoms with E-state index >= 15 is 0 Å². The second kappa shape index (κ2) is 15.2. The van der Waals surface area contributed by atoms with Gasteiger partial charge in [0.1, 0.15) is 31.0 Å². The molecule has 0 aromatic rings. The number of rotatable bonds is 15. The minimum absolute atomic E-state index is 0. The quantitative estimate of drug-likeness (QED) is 0.0883. The van der Waals surface area contributed by atoms with E-state index in [1.54, 1.807) is 0 Å². The molecule has 1 N–H and O–H groups in total. The van der Waals surface area contributed by atoms with Crippen molar-refractivity contribution in [3.05, 3.63) is 24.3 Å². The summed E-state index contributed by atoms with van der Waals surface area (Å²) >= 11 is 0. The molecular weight excluding hydrogens is 423 g/mol. The molecule has 174 valence electrons. The van der Waals surface area contributed by atoms with Crippen molar-refractivity contribution in [2.75, 3.05) is 25.6 Å². The van der Waals surface area contributed by atoms with E-state index in [1.807, 2.05) is 6.92 Å². The molecule has 0 radical (unpaired) electrons. The van der Waals surface area contributed by atoms with Gasteiger partial charge in [0.25, 0.3) is 10.1 Å². The zero-order chi connectivity index (χ0) is 23.4. The fourth-order valence-corrected chi connectivity index (χ4v) is 2.64. The zero-order valence-corrected chi connectivity index (χ0v) is 19.7. The predicted molar refractivity (Wildman–Crippen MR) is 111 cm³/mol. The third-order valence-electron chi connectivity index (χ3n) is 4.17. The minimum Gasteiger partial charge on any atom is -1.00 e. The summed E-state index contributed by atoms with van der Waals surface area (Å²) in [7, 11) is -4.33. The van der Waals surface area contributed by atoms with Gasteiger partial charge in [-0.3, -0.25) is 9.35 Å². The van der Waals surface area contributed by atoms with Gasteiger partial charge in [-0.1, -0.05) is 45.8 Å². The molecule has 31 heavy (non-hydrogen) atoms. The third-order valence-corrected chi connectivity index (χ3v) is 4.85. The van der Waals surface area contributed by atoms with Gasteiger partial charge in [-0.15, -0.1) is 0 Å². The summed E-state index contributed by atoms with van der Waals surface area (Å²) in [5, 5.41) is 0. The Hall–Kier alpha value is -1.60. The van der Waals surface area contributed by atoms with E-state index in [0.717, 1.165) is 19.3 Å². The van der Waals surface area contributed by atoms with E-state index in [9.17, 15) is 22.8 Å². The monoisotopic (exact) mass is 456 g/mol. The van der Waals surface area contributed by atoms with Gasteiger partial charge in [0.2, 0.25) is 0 Å². The van der Waals surface area contributed by atoms with Gasteiger partial charge in [0.05, 0.1) is 0 Å². The normalized spacial score (nSPS) is 11.1. The van der Waals surface area contributed by atoms with E-state index in [-0.39, 0.29) is 37.9 Å². The topological polar surface area (TPSA) is 133 Å². The Kier molecular flexibility index (Phi) is 15.5. The van der Waals surface area contributed by atoms with Crippen LogP contribution in [0.1, 0.15) is 54.3 Å². The predicted octanol–water partition coefficient (Wildman–Crippen LogP) is -0.271. The van der Waals surface area contributed by atoms with Gasteiger partial charge >= 0.3 is 36.8 Å². The van der Waals surface area contributed by atoms with Crippen LogP contribution in [-0.4, -0.2) is 56.5 Å². The summed E-state index contributed by atoms with van der Waals surface area (Å²) in [5.74, 6) is -3.15. The number of esters is 3. The molecule has 0 saturated heterocycles. The first-order valence-electron chi connectivity index (χ1n) is 9.62. The molecule has 0 bridgehead atoms. The minimum atomic E-state index is -4.33. The molecule has 0 rings (SSSR count). The Morgan fingerprint density at radius 2 is 1.42 bits per heavy atom. The smallest absolute Gasteiger partial charge is 1.00 e. The Morgan fingerprint density at radius 3 is 1.81 bits per heavy atom. The molecule has 0 aliphatic heterocycles. The number of carbonyl (C=O) groups is 3. The average Bonchev–Trinajstić information content (AvgIpc) is 2.64. The Balaban J connectivity index is -0.00000420. The number of hydrogen-bond acceptors (Lipinski definition) is 8. The van der Waals surface area contributed by atoms with Gasteiger partial charge in [-0.2, -0.15) is 8.42 Å². The van der Waals surface area contributed by atoms with Crippen LogP contribution in [0.5, 0.6) is 0 Å². The molecule has 0 spiro atoms. The molecular formula is C20H33LiO9S. The third kappa shape index (κ3) is 13.4. The molecule has 0 saturated carbocycles. The first-order valence-corrected chi connectivity index (χ1v) is 11.2. The van der Waals surface area contributed by atoms with Crippen molar-refractivity contribution in [1.82, 2.24) is 0 Å². The van der Waals surface area contributed by atoms with Crippen molar-refractivity contribution in [1.29, 1.82) is 0 Å². The molecule has 0 aliphatic rings. The summed E-state index contributed by atoms with van der Waals surface area (Å²) < 4.78 is 46.0. The van der Waals surface area contributed by atoms with Crippen LogP contribution in [0.15, 0.2) is 24.3 Å². The molecule has 0 fully saturated rings. The maximum absolute atomic E-state index is 12.9. The standard InChI is InChI=1S/C20H32O9S.Li.H/c1-6-7-8-9-10-20(13-28-17(21)15(2)3,14-29-18(22)16(4)5)19(23)27-11-12-30(24,25)26;;/h2,4,6-14H2,1,3,5H3,(H,24,25,26);;/q;+1;-1. The van der Waals surface area contributed by atoms with Crippen LogP contribution < -0.4 is 18.9 Å². The largest absolute Gasteiger partial charge is 1.00 e. The molecule has 0 aromatic heterocycles. The molecule has 0 atom stereocenters. The Morgan fingerprint density at radius 1 is 0.935 bits per heavy atom. The van der Waals surface area contributed by atoms with Crippen LogP contribution in [0.3, 0.4) is 0 Å².